The van der Waals surface area contributed by atoms with E-state index >= 15 is 0 Å². The van der Waals surface area contributed by atoms with Crippen molar-refractivity contribution in [2.24, 2.45) is 0 Å². The lowest BCUT2D eigenvalue weighted by molar-refractivity contribution is -0.00665. The molecule has 6 aromatic carbocycles. The molecule has 290 valence electrons. The minimum atomic E-state index is -0.616. The summed E-state index contributed by atoms with van der Waals surface area (Å²) < 4.78 is 28.1. The van der Waals surface area contributed by atoms with Crippen molar-refractivity contribution in [1.82, 2.24) is 0 Å². The molecule has 13 heteroatoms. The number of fused-ring (bicyclic) bond motifs is 5. The van der Waals surface area contributed by atoms with Gasteiger partial charge in [0.25, 0.3) is 0 Å². The highest BCUT2D eigenvalue weighted by molar-refractivity contribution is 7.81. The van der Waals surface area contributed by atoms with E-state index in [0.717, 1.165) is 32.9 Å². The summed E-state index contributed by atoms with van der Waals surface area (Å²) in [5.41, 5.74) is 3.99. The van der Waals surface area contributed by atoms with Gasteiger partial charge in [-0.15, -0.1) is 0 Å². The second kappa shape index (κ2) is 19.3. The van der Waals surface area contributed by atoms with Gasteiger partial charge in [0.15, 0.2) is 10.2 Å². The summed E-state index contributed by atoms with van der Waals surface area (Å²) >= 11 is 11.4. The highest BCUT2D eigenvalue weighted by atomic mass is 32.1. The van der Waals surface area contributed by atoms with Crippen LogP contribution in [0.1, 0.15) is 20.7 Å². The van der Waals surface area contributed by atoms with Gasteiger partial charge in [0.05, 0.1) is 50.8 Å². The smallest absolute Gasteiger partial charge is 0.338 e. The summed E-state index contributed by atoms with van der Waals surface area (Å²) in [4.78, 5) is 27.7. The van der Waals surface area contributed by atoms with E-state index in [1.165, 1.54) is 0 Å². The van der Waals surface area contributed by atoms with Crippen molar-refractivity contribution in [1.29, 1.82) is 0 Å². The summed E-state index contributed by atoms with van der Waals surface area (Å²) in [5.74, 6) is -1.23. The van der Waals surface area contributed by atoms with Crippen LogP contribution in [0.5, 0.6) is 0 Å². The fraction of sp³-hybridized carbons (Fsp3) is 0.182. The van der Waals surface area contributed by atoms with Gasteiger partial charge in [-0.2, -0.15) is 0 Å². The van der Waals surface area contributed by atoms with E-state index in [0.29, 0.717) is 59.2 Å². The van der Waals surface area contributed by atoms with Gasteiger partial charge in [-0.3, -0.25) is 0 Å². The monoisotopic (exact) mass is 800 g/mol. The number of hydrogen-bond donors (Lipinski definition) is 4. The summed E-state index contributed by atoms with van der Waals surface area (Å²) in [6.45, 7) is 1.69. The van der Waals surface area contributed by atoms with Crippen molar-refractivity contribution in [3.05, 3.63) is 132 Å². The lowest BCUT2D eigenvalue weighted by atomic mass is 9.94. The largest absolute Gasteiger partial charge is 0.460 e. The van der Waals surface area contributed by atoms with E-state index in [-0.39, 0.29) is 37.6 Å². The Kier molecular flexibility index (Phi) is 13.3. The third-order valence-corrected chi connectivity index (χ3v) is 9.43. The molecule has 7 rings (SSSR count). The molecule has 1 aliphatic heterocycles. The first kappa shape index (κ1) is 39.3. The molecule has 0 aromatic heterocycles. The zero-order chi connectivity index (χ0) is 39.4. The van der Waals surface area contributed by atoms with Gasteiger partial charge in [-0.05, 0) is 82.7 Å². The predicted octanol–water partition coefficient (Wildman–Crippen LogP) is 8.65. The highest BCUT2D eigenvalue weighted by Gasteiger charge is 2.22. The molecule has 0 spiro atoms. The van der Waals surface area contributed by atoms with Crippen LogP contribution in [0.4, 0.5) is 22.7 Å². The fourth-order valence-electron chi connectivity index (χ4n) is 6.37. The van der Waals surface area contributed by atoms with Crippen LogP contribution in [-0.4, -0.2) is 75.0 Å². The zero-order valence-electron chi connectivity index (χ0n) is 30.9. The van der Waals surface area contributed by atoms with Gasteiger partial charge < -0.3 is 45.0 Å². The molecule has 57 heavy (non-hydrogen) atoms. The van der Waals surface area contributed by atoms with Crippen LogP contribution in [0.2, 0.25) is 0 Å². The highest BCUT2D eigenvalue weighted by Crippen LogP contribution is 2.33. The number of anilines is 4. The molecule has 6 aromatic rings. The predicted molar refractivity (Wildman–Crippen MR) is 232 cm³/mol. The standard InChI is InChI=1S/C44H40N4O7S2/c49-41-37-27-31(45-43(56)47-39-13-5-9-29-7-1-3-11-33(29)39)15-17-35(37)36-18-16-32(46-44(57)48-40-14-6-10-30-8-2-4-12-34(30)40)28-38(36)42(50)55-26-24-53-22-20-51-19-21-52-23-25-54-41/h1-18,27-28H,19-26H2,(H2,45,47,56)(H2,46,48,57). The normalized spacial score (nSPS) is 14.4. The van der Waals surface area contributed by atoms with Gasteiger partial charge >= 0.3 is 11.9 Å². The molecule has 11 nitrogen and oxygen atoms in total. The minimum Gasteiger partial charge on any atom is -0.460 e. The topological polar surface area (TPSA) is 128 Å². The first-order valence-corrected chi connectivity index (χ1v) is 19.2. The maximum absolute atomic E-state index is 13.8. The second-order valence-corrected chi connectivity index (χ2v) is 13.7. The summed E-state index contributed by atoms with van der Waals surface area (Å²) in [5, 5.41) is 17.7. The van der Waals surface area contributed by atoms with Crippen LogP contribution < -0.4 is 21.3 Å². The van der Waals surface area contributed by atoms with Crippen LogP contribution in [0, 0.1) is 0 Å². The molecule has 0 amide bonds. The van der Waals surface area contributed by atoms with Crippen molar-refractivity contribution < 1.29 is 33.3 Å². The maximum atomic E-state index is 13.8. The summed E-state index contributed by atoms with van der Waals surface area (Å²) in [7, 11) is 0. The second-order valence-electron chi connectivity index (χ2n) is 12.8. The van der Waals surface area contributed by atoms with Gasteiger partial charge in [0.2, 0.25) is 0 Å². The first-order chi connectivity index (χ1) is 27.9. The Labute approximate surface area is 340 Å². The average Bonchev–Trinajstić information content (AvgIpc) is 3.22. The molecular formula is C44H40N4O7S2. The molecule has 0 atom stereocenters. The van der Waals surface area contributed by atoms with E-state index in [2.05, 4.69) is 21.3 Å². The number of thiocarbonyl (C=S) groups is 2. The van der Waals surface area contributed by atoms with Gasteiger partial charge in [-0.25, -0.2) is 9.59 Å². The number of hydrogen-bond acceptors (Lipinski definition) is 9. The molecule has 0 saturated carbocycles. The Balaban J connectivity index is 1.19. The molecule has 0 unspecified atom stereocenters. The summed E-state index contributed by atoms with van der Waals surface area (Å²) in [6, 6.07) is 38.1. The Morgan fingerprint density at radius 2 is 0.807 bits per heavy atom. The van der Waals surface area contributed by atoms with Crippen molar-refractivity contribution in [3.63, 3.8) is 0 Å². The summed E-state index contributed by atoms with van der Waals surface area (Å²) in [6.07, 6.45) is 0. The Morgan fingerprint density at radius 3 is 1.25 bits per heavy atom. The molecule has 0 bridgehead atoms. The molecule has 0 radical (unpaired) electrons. The maximum Gasteiger partial charge on any atom is 0.338 e. The zero-order valence-corrected chi connectivity index (χ0v) is 32.5. The van der Waals surface area contributed by atoms with E-state index in [4.69, 9.17) is 48.1 Å². The van der Waals surface area contributed by atoms with Crippen LogP contribution in [0.3, 0.4) is 0 Å². The van der Waals surface area contributed by atoms with Gasteiger partial charge in [-0.1, -0.05) is 84.9 Å². The molecule has 1 heterocycles. The fourth-order valence-corrected chi connectivity index (χ4v) is 6.83. The molecule has 1 aliphatic rings. The molecule has 0 aliphatic carbocycles. The SMILES string of the molecule is O=C1OCCOCCOCCOCCOC(=O)c2cc(NC(=S)Nc3cccc4ccccc34)ccc2-c2ccc(NC(=S)Nc3cccc4ccccc34)cc21. The van der Waals surface area contributed by atoms with Gasteiger partial charge in [0.1, 0.15) is 13.2 Å². The number of rotatable bonds is 4. The molecular weight excluding hydrogens is 761 g/mol. The molecule has 0 fully saturated rings. The Bertz CT molecular complexity index is 2250. The average molecular weight is 801 g/mol. The number of nitrogens with one attached hydrogen (secondary N) is 4. The number of cyclic esters (lactones) is 2. The van der Waals surface area contributed by atoms with Crippen LogP contribution in [0.15, 0.2) is 121 Å². The third-order valence-electron chi connectivity index (χ3n) is 9.03. The first-order valence-electron chi connectivity index (χ1n) is 18.4. The third kappa shape index (κ3) is 10.3. The Morgan fingerprint density at radius 1 is 0.421 bits per heavy atom. The quantitative estimate of drug-likeness (QED) is 0.100. The van der Waals surface area contributed by atoms with Gasteiger partial charge in [0, 0.05) is 33.5 Å². The van der Waals surface area contributed by atoms with E-state index in [1.54, 1.807) is 36.4 Å². The number of esters is 2. The van der Waals surface area contributed by atoms with E-state index in [1.807, 2.05) is 84.9 Å². The van der Waals surface area contributed by atoms with Crippen molar-refractivity contribution in [2.75, 3.05) is 74.1 Å². The number of carbonyl (C=O) groups is 2. The van der Waals surface area contributed by atoms with E-state index < -0.39 is 11.9 Å². The number of ether oxygens (including phenoxy) is 5. The lowest BCUT2D eigenvalue weighted by Crippen LogP contribution is -2.20. The number of carbonyl (C=O) groups excluding carboxylic acids is 2. The van der Waals surface area contributed by atoms with Crippen LogP contribution in [-0.2, 0) is 23.7 Å². The van der Waals surface area contributed by atoms with Crippen molar-refractivity contribution in [2.45, 2.75) is 0 Å². The van der Waals surface area contributed by atoms with Crippen molar-refractivity contribution >= 4 is 90.9 Å². The minimum absolute atomic E-state index is 0.00100. The molecule has 0 saturated heterocycles. The van der Waals surface area contributed by atoms with Crippen LogP contribution >= 0.6 is 24.4 Å². The number of benzene rings is 6. The lowest BCUT2D eigenvalue weighted by Gasteiger charge is -2.18. The Hall–Kier alpha value is -5.96. The van der Waals surface area contributed by atoms with Crippen molar-refractivity contribution in [3.8, 4) is 11.1 Å². The molecule has 4 N–H and O–H groups in total. The van der Waals surface area contributed by atoms with E-state index in [9.17, 15) is 9.59 Å². The van der Waals surface area contributed by atoms with Crippen LogP contribution in [0.25, 0.3) is 32.7 Å².